The Morgan fingerprint density at radius 2 is 2.00 bits per heavy atom. The van der Waals surface area contributed by atoms with Crippen LogP contribution in [0.3, 0.4) is 0 Å². The van der Waals surface area contributed by atoms with Gasteiger partial charge in [-0.15, -0.1) is 0 Å². The van der Waals surface area contributed by atoms with Gasteiger partial charge in [0.25, 0.3) is 0 Å². The Morgan fingerprint density at radius 1 is 1.24 bits per heavy atom. The molecule has 0 spiro atoms. The molecule has 2 aromatic rings. The van der Waals surface area contributed by atoms with E-state index in [0.29, 0.717) is 29.6 Å². The summed E-state index contributed by atoms with van der Waals surface area (Å²) in [5.41, 5.74) is 1.42. The molecule has 0 fully saturated rings. The van der Waals surface area contributed by atoms with Crippen LogP contribution in [-0.2, 0) is 10.2 Å². The quantitative estimate of drug-likeness (QED) is 0.497. The molecule has 2 rings (SSSR count). The van der Waals surface area contributed by atoms with Crippen LogP contribution in [0.4, 0.5) is 4.39 Å². The normalized spacial score (nSPS) is 13.7. The van der Waals surface area contributed by atoms with Gasteiger partial charge >= 0.3 is 0 Å². The van der Waals surface area contributed by atoms with Crippen molar-refractivity contribution in [2.24, 2.45) is 0 Å². The molecule has 1 atom stereocenters. The van der Waals surface area contributed by atoms with Gasteiger partial charge in [-0.05, 0) is 42.3 Å². The van der Waals surface area contributed by atoms with Crippen LogP contribution in [0, 0.1) is 5.82 Å². The van der Waals surface area contributed by atoms with Crippen LogP contribution in [0.1, 0.15) is 32.3 Å². The van der Waals surface area contributed by atoms with Gasteiger partial charge in [0, 0.05) is 17.6 Å². The first-order valence-corrected chi connectivity index (χ1v) is 8.97. The summed E-state index contributed by atoms with van der Waals surface area (Å²) in [5, 5.41) is 10.2. The van der Waals surface area contributed by atoms with E-state index in [-0.39, 0.29) is 11.6 Å². The Bertz CT molecular complexity index is 727. The standard InChI is InChI=1S/C19H22Cl2FNO2/c1-3-4-7-25-12-19(2,11-24)14-9-17(23-18(21)10-14)13-5-6-16(22)15(20)8-13/h5-6,8-10,24H,3-4,7,11-12H2,1-2H3. The summed E-state index contributed by atoms with van der Waals surface area (Å²) in [4.78, 5) is 4.29. The number of aliphatic hydroxyl groups is 1. The number of hydrogen-bond acceptors (Lipinski definition) is 3. The van der Waals surface area contributed by atoms with Gasteiger partial charge in [0.2, 0.25) is 0 Å². The molecule has 1 unspecified atom stereocenters. The maximum absolute atomic E-state index is 13.4. The first kappa shape index (κ1) is 20.1. The molecule has 6 heteroatoms. The summed E-state index contributed by atoms with van der Waals surface area (Å²) in [6.07, 6.45) is 2.02. The first-order chi connectivity index (χ1) is 11.9. The van der Waals surface area contributed by atoms with E-state index in [0.717, 1.165) is 18.4 Å². The highest BCUT2D eigenvalue weighted by Gasteiger charge is 2.27. The summed E-state index contributed by atoms with van der Waals surface area (Å²) < 4.78 is 19.1. The van der Waals surface area contributed by atoms with Gasteiger partial charge in [0.05, 0.1) is 23.9 Å². The fraction of sp³-hybridized carbons (Fsp3) is 0.421. The molecule has 0 aliphatic carbocycles. The Kier molecular flexibility index (Phi) is 7.20. The number of halogens is 3. The van der Waals surface area contributed by atoms with E-state index in [9.17, 15) is 9.50 Å². The van der Waals surface area contributed by atoms with Crippen molar-refractivity contribution in [3.63, 3.8) is 0 Å². The lowest BCUT2D eigenvalue weighted by Gasteiger charge is -2.28. The number of pyridine rings is 1. The van der Waals surface area contributed by atoms with Crippen LogP contribution in [0.5, 0.6) is 0 Å². The van der Waals surface area contributed by atoms with E-state index in [1.807, 2.05) is 13.0 Å². The SMILES string of the molecule is CCCCOCC(C)(CO)c1cc(Cl)nc(-c2ccc(F)c(Cl)c2)c1. The van der Waals surface area contributed by atoms with E-state index in [2.05, 4.69) is 11.9 Å². The van der Waals surface area contributed by atoms with Crippen molar-refractivity contribution in [3.05, 3.63) is 51.9 Å². The molecule has 25 heavy (non-hydrogen) atoms. The summed E-state index contributed by atoms with van der Waals surface area (Å²) in [6.45, 7) is 4.92. The minimum absolute atomic E-state index is 0.0219. The molecule has 136 valence electrons. The molecule has 0 bridgehead atoms. The van der Waals surface area contributed by atoms with Crippen molar-refractivity contribution in [1.29, 1.82) is 0 Å². The van der Waals surface area contributed by atoms with Gasteiger partial charge in [-0.2, -0.15) is 0 Å². The lowest BCUT2D eigenvalue weighted by molar-refractivity contribution is 0.0577. The lowest BCUT2D eigenvalue weighted by atomic mass is 9.84. The Hall–Kier alpha value is -1.20. The maximum atomic E-state index is 13.4. The van der Waals surface area contributed by atoms with Crippen LogP contribution in [0.2, 0.25) is 10.2 Å². The van der Waals surface area contributed by atoms with Crippen molar-refractivity contribution in [2.45, 2.75) is 32.1 Å². The molecule has 1 aromatic heterocycles. The third kappa shape index (κ3) is 5.14. The van der Waals surface area contributed by atoms with Crippen LogP contribution in [-0.4, -0.2) is 29.9 Å². The molecule has 0 aliphatic rings. The maximum Gasteiger partial charge on any atom is 0.141 e. The number of rotatable bonds is 8. The van der Waals surface area contributed by atoms with Gasteiger partial charge in [-0.25, -0.2) is 9.37 Å². The summed E-state index contributed by atoms with van der Waals surface area (Å²) >= 11 is 12.0. The highest BCUT2D eigenvalue weighted by atomic mass is 35.5. The zero-order valence-corrected chi connectivity index (χ0v) is 15.9. The minimum atomic E-state index is -0.612. The predicted octanol–water partition coefficient (Wildman–Crippen LogP) is 5.26. The largest absolute Gasteiger partial charge is 0.395 e. The Labute approximate surface area is 157 Å². The van der Waals surface area contributed by atoms with Crippen LogP contribution in [0.15, 0.2) is 30.3 Å². The van der Waals surface area contributed by atoms with Crippen molar-refractivity contribution in [3.8, 4) is 11.3 Å². The molecule has 1 heterocycles. The molecule has 1 aromatic carbocycles. The van der Waals surface area contributed by atoms with E-state index < -0.39 is 11.2 Å². The molecule has 3 nitrogen and oxygen atoms in total. The number of nitrogens with zero attached hydrogens (tertiary/aromatic N) is 1. The third-order valence-electron chi connectivity index (χ3n) is 4.12. The van der Waals surface area contributed by atoms with Gasteiger partial charge in [0.15, 0.2) is 0 Å². The molecule has 0 aliphatic heterocycles. The number of aromatic nitrogens is 1. The number of benzene rings is 1. The number of aliphatic hydroxyl groups excluding tert-OH is 1. The van der Waals surface area contributed by atoms with Gasteiger partial charge in [0.1, 0.15) is 11.0 Å². The summed E-state index contributed by atoms with van der Waals surface area (Å²) in [5.74, 6) is -0.489. The average molecular weight is 386 g/mol. The number of unbranched alkanes of at least 4 members (excludes halogenated alkanes) is 1. The monoisotopic (exact) mass is 385 g/mol. The van der Waals surface area contributed by atoms with E-state index in [1.165, 1.54) is 12.1 Å². The molecule has 0 saturated heterocycles. The minimum Gasteiger partial charge on any atom is -0.395 e. The fourth-order valence-electron chi connectivity index (χ4n) is 2.41. The smallest absolute Gasteiger partial charge is 0.141 e. The predicted molar refractivity (Wildman–Crippen MR) is 99.8 cm³/mol. The van der Waals surface area contributed by atoms with Gasteiger partial charge in [-0.3, -0.25) is 0 Å². The van der Waals surface area contributed by atoms with Crippen LogP contribution in [0.25, 0.3) is 11.3 Å². The van der Waals surface area contributed by atoms with Gasteiger partial charge in [-0.1, -0.05) is 43.5 Å². The Balaban J connectivity index is 2.34. The zero-order valence-electron chi connectivity index (χ0n) is 14.4. The summed E-state index contributed by atoms with van der Waals surface area (Å²) in [7, 11) is 0. The molecular formula is C19H22Cl2FNO2. The molecule has 0 radical (unpaired) electrons. The highest BCUT2D eigenvalue weighted by molar-refractivity contribution is 6.31. The molecule has 0 saturated carbocycles. The number of ether oxygens (including phenoxy) is 1. The second-order valence-electron chi connectivity index (χ2n) is 6.32. The molecule has 0 amide bonds. The van der Waals surface area contributed by atoms with Crippen molar-refractivity contribution >= 4 is 23.2 Å². The average Bonchev–Trinajstić information content (AvgIpc) is 2.60. The van der Waals surface area contributed by atoms with Crippen molar-refractivity contribution in [2.75, 3.05) is 19.8 Å². The van der Waals surface area contributed by atoms with E-state index in [1.54, 1.807) is 12.1 Å². The Morgan fingerprint density at radius 3 is 2.64 bits per heavy atom. The van der Waals surface area contributed by atoms with Gasteiger partial charge < -0.3 is 9.84 Å². The second-order valence-corrected chi connectivity index (χ2v) is 7.11. The van der Waals surface area contributed by atoms with Crippen LogP contribution >= 0.6 is 23.2 Å². The van der Waals surface area contributed by atoms with E-state index >= 15 is 0 Å². The van der Waals surface area contributed by atoms with Crippen LogP contribution < -0.4 is 0 Å². The molecule has 1 N–H and O–H groups in total. The van der Waals surface area contributed by atoms with Crippen molar-refractivity contribution < 1.29 is 14.2 Å². The zero-order chi connectivity index (χ0) is 18.4. The summed E-state index contributed by atoms with van der Waals surface area (Å²) in [6, 6.07) is 7.94. The first-order valence-electron chi connectivity index (χ1n) is 8.21. The highest BCUT2D eigenvalue weighted by Crippen LogP contribution is 2.31. The third-order valence-corrected chi connectivity index (χ3v) is 4.60. The van der Waals surface area contributed by atoms with Crippen molar-refractivity contribution in [1.82, 2.24) is 4.98 Å². The number of hydrogen-bond donors (Lipinski definition) is 1. The lowest BCUT2D eigenvalue weighted by Crippen LogP contribution is -2.33. The van der Waals surface area contributed by atoms with E-state index in [4.69, 9.17) is 27.9 Å². The molecular weight excluding hydrogens is 364 g/mol. The fourth-order valence-corrected chi connectivity index (χ4v) is 2.80. The second kappa shape index (κ2) is 8.95. The topological polar surface area (TPSA) is 42.4 Å².